The fourth-order valence-corrected chi connectivity index (χ4v) is 3.30. The summed E-state index contributed by atoms with van der Waals surface area (Å²) in [6.45, 7) is 9.42. The Kier molecular flexibility index (Phi) is 5.53. The van der Waals surface area contributed by atoms with Gasteiger partial charge in [0.05, 0.1) is 26.2 Å². The van der Waals surface area contributed by atoms with Crippen molar-refractivity contribution in [2.24, 2.45) is 11.8 Å². The lowest BCUT2D eigenvalue weighted by Crippen LogP contribution is -3.14. The molecule has 1 aromatic carbocycles. The van der Waals surface area contributed by atoms with E-state index >= 15 is 0 Å². The third-order valence-corrected chi connectivity index (χ3v) is 4.09. The van der Waals surface area contributed by atoms with E-state index in [0.29, 0.717) is 0 Å². The first kappa shape index (κ1) is 14.7. The van der Waals surface area contributed by atoms with Gasteiger partial charge in [-0.1, -0.05) is 25.4 Å². The molecule has 1 aliphatic rings. The molecule has 1 fully saturated rings. The molecule has 0 bridgehead atoms. The Hall–Kier alpha value is -0.730. The molecule has 0 unspecified atom stereocenters. The second-order valence-corrected chi connectivity index (χ2v) is 6.45. The van der Waals surface area contributed by atoms with Crippen LogP contribution < -0.4 is 9.64 Å². The number of halogens is 1. The van der Waals surface area contributed by atoms with E-state index in [-0.39, 0.29) is 0 Å². The van der Waals surface area contributed by atoms with Crippen LogP contribution in [0.1, 0.15) is 26.7 Å². The number of nitrogens with one attached hydrogen (secondary N) is 1. The highest BCUT2D eigenvalue weighted by Gasteiger charge is 2.24. The minimum Gasteiger partial charge on any atom is -0.493 e. The van der Waals surface area contributed by atoms with Crippen LogP contribution in [0, 0.1) is 11.8 Å². The zero-order chi connectivity index (χ0) is 13.7. The summed E-state index contributed by atoms with van der Waals surface area (Å²) in [7, 11) is 0. The number of rotatable bonds is 5. The molecule has 19 heavy (non-hydrogen) atoms. The van der Waals surface area contributed by atoms with Gasteiger partial charge >= 0.3 is 0 Å². The lowest BCUT2D eigenvalue weighted by atomic mass is 9.92. The van der Waals surface area contributed by atoms with Gasteiger partial charge in [0.1, 0.15) is 5.75 Å². The summed E-state index contributed by atoms with van der Waals surface area (Å²) in [5, 5.41) is 0.757. The summed E-state index contributed by atoms with van der Waals surface area (Å²) in [5.41, 5.74) is 0. The average Bonchev–Trinajstić information content (AvgIpc) is 2.36. The number of quaternary nitrogens is 1. The molecule has 0 radical (unpaired) electrons. The average molecular weight is 283 g/mol. The van der Waals surface area contributed by atoms with Crippen LogP contribution in [-0.2, 0) is 0 Å². The van der Waals surface area contributed by atoms with E-state index in [0.717, 1.165) is 35.6 Å². The second-order valence-electron chi connectivity index (χ2n) is 6.01. The first-order chi connectivity index (χ1) is 9.13. The van der Waals surface area contributed by atoms with Gasteiger partial charge in [0.25, 0.3) is 0 Å². The third-order valence-electron chi connectivity index (χ3n) is 3.84. The number of benzene rings is 1. The summed E-state index contributed by atoms with van der Waals surface area (Å²) >= 11 is 5.84. The smallest absolute Gasteiger partial charge is 0.119 e. The van der Waals surface area contributed by atoms with Gasteiger partial charge in [-0.2, -0.15) is 0 Å². The van der Waals surface area contributed by atoms with Gasteiger partial charge in [0.2, 0.25) is 0 Å². The van der Waals surface area contributed by atoms with Crippen molar-refractivity contribution in [1.29, 1.82) is 0 Å². The Morgan fingerprint density at radius 1 is 1.16 bits per heavy atom. The molecule has 0 aromatic heterocycles. The molecule has 2 rings (SSSR count). The SMILES string of the molecule is C[C@@H]1C[C@@H](C)C[NH+](CCCOc2ccc(Cl)cc2)C1. The maximum atomic E-state index is 5.84. The predicted molar refractivity (Wildman–Crippen MR) is 80.1 cm³/mol. The minimum absolute atomic E-state index is 0.757. The van der Waals surface area contributed by atoms with Crippen LogP contribution >= 0.6 is 11.6 Å². The van der Waals surface area contributed by atoms with Crippen LogP contribution in [0.25, 0.3) is 0 Å². The van der Waals surface area contributed by atoms with Crippen molar-refractivity contribution in [3.63, 3.8) is 0 Å². The summed E-state index contributed by atoms with van der Waals surface area (Å²) < 4.78 is 5.73. The van der Waals surface area contributed by atoms with Crippen molar-refractivity contribution in [2.45, 2.75) is 26.7 Å². The number of hydrogen-bond acceptors (Lipinski definition) is 1. The Morgan fingerprint density at radius 2 is 1.79 bits per heavy atom. The molecule has 1 aromatic rings. The fourth-order valence-electron chi connectivity index (χ4n) is 3.17. The largest absolute Gasteiger partial charge is 0.493 e. The molecule has 3 heteroatoms. The van der Waals surface area contributed by atoms with Crippen molar-refractivity contribution >= 4 is 11.6 Å². The normalized spacial score (nSPS) is 27.2. The Balaban J connectivity index is 1.65. The van der Waals surface area contributed by atoms with Gasteiger partial charge < -0.3 is 9.64 Å². The van der Waals surface area contributed by atoms with Crippen LogP contribution in [0.2, 0.25) is 5.02 Å². The maximum Gasteiger partial charge on any atom is 0.119 e. The van der Waals surface area contributed by atoms with Gasteiger partial charge in [-0.05, 0) is 30.7 Å². The Bertz CT molecular complexity index is 369. The van der Waals surface area contributed by atoms with Crippen LogP contribution in [0.5, 0.6) is 5.75 Å². The lowest BCUT2D eigenvalue weighted by molar-refractivity contribution is -0.912. The van der Waals surface area contributed by atoms with E-state index in [4.69, 9.17) is 16.3 Å². The number of hydrogen-bond donors (Lipinski definition) is 1. The van der Waals surface area contributed by atoms with Gasteiger partial charge in [-0.25, -0.2) is 0 Å². The van der Waals surface area contributed by atoms with E-state index in [9.17, 15) is 0 Å². The van der Waals surface area contributed by atoms with E-state index in [2.05, 4.69) is 13.8 Å². The van der Waals surface area contributed by atoms with Crippen molar-refractivity contribution in [1.82, 2.24) is 0 Å². The highest BCUT2D eigenvalue weighted by Crippen LogP contribution is 2.15. The maximum absolute atomic E-state index is 5.84. The van der Waals surface area contributed by atoms with Crippen LogP contribution in [-0.4, -0.2) is 26.2 Å². The van der Waals surface area contributed by atoms with Crippen LogP contribution in [0.15, 0.2) is 24.3 Å². The van der Waals surface area contributed by atoms with Gasteiger partial charge in [-0.15, -0.1) is 0 Å². The molecule has 1 aliphatic heterocycles. The minimum atomic E-state index is 0.757. The monoisotopic (exact) mass is 282 g/mol. The van der Waals surface area contributed by atoms with Gasteiger partial charge in [0, 0.05) is 23.3 Å². The van der Waals surface area contributed by atoms with E-state index in [1.54, 1.807) is 4.90 Å². The Morgan fingerprint density at radius 3 is 2.42 bits per heavy atom. The van der Waals surface area contributed by atoms with E-state index in [1.165, 1.54) is 26.1 Å². The van der Waals surface area contributed by atoms with E-state index < -0.39 is 0 Å². The summed E-state index contributed by atoms with van der Waals surface area (Å²) in [6.07, 6.45) is 2.52. The number of piperidine rings is 1. The predicted octanol–water partition coefficient (Wildman–Crippen LogP) is 2.67. The van der Waals surface area contributed by atoms with Crippen molar-refractivity contribution in [3.8, 4) is 5.75 Å². The van der Waals surface area contributed by atoms with Crippen LogP contribution in [0.3, 0.4) is 0 Å². The summed E-state index contributed by atoms with van der Waals surface area (Å²) in [6, 6.07) is 7.60. The lowest BCUT2D eigenvalue weighted by Gasteiger charge is -2.31. The van der Waals surface area contributed by atoms with Gasteiger partial charge in [-0.3, -0.25) is 0 Å². The zero-order valence-electron chi connectivity index (χ0n) is 12.0. The highest BCUT2D eigenvalue weighted by molar-refractivity contribution is 6.30. The second kappa shape index (κ2) is 7.16. The molecule has 2 nitrogen and oxygen atoms in total. The van der Waals surface area contributed by atoms with Crippen molar-refractivity contribution in [3.05, 3.63) is 29.3 Å². The molecule has 0 amide bonds. The van der Waals surface area contributed by atoms with Crippen molar-refractivity contribution < 1.29 is 9.64 Å². The fraction of sp³-hybridized carbons (Fsp3) is 0.625. The van der Waals surface area contributed by atoms with Crippen molar-refractivity contribution in [2.75, 3.05) is 26.2 Å². The molecule has 0 spiro atoms. The summed E-state index contributed by atoms with van der Waals surface area (Å²) in [5.74, 6) is 2.66. The highest BCUT2D eigenvalue weighted by atomic mass is 35.5. The molecule has 1 heterocycles. The van der Waals surface area contributed by atoms with Crippen LogP contribution in [0.4, 0.5) is 0 Å². The topological polar surface area (TPSA) is 13.7 Å². The molecule has 0 saturated carbocycles. The molecule has 1 N–H and O–H groups in total. The zero-order valence-corrected chi connectivity index (χ0v) is 12.7. The molecule has 0 aliphatic carbocycles. The van der Waals surface area contributed by atoms with Gasteiger partial charge in [0.15, 0.2) is 0 Å². The molecular formula is C16H25ClNO+. The molecule has 106 valence electrons. The molecule has 1 saturated heterocycles. The quantitative estimate of drug-likeness (QED) is 0.820. The number of ether oxygens (including phenoxy) is 1. The Labute approximate surface area is 121 Å². The van der Waals surface area contributed by atoms with E-state index in [1.807, 2.05) is 24.3 Å². The molecule has 2 atom stereocenters. The molecular weight excluding hydrogens is 258 g/mol. The standard InChI is InChI=1S/C16H24ClNO/c1-13-10-14(2)12-18(11-13)8-3-9-19-16-6-4-15(17)5-7-16/h4-7,13-14H,3,8-12H2,1-2H3/p+1/t13-,14-/m1/s1. The number of likely N-dealkylation sites (tertiary alicyclic amines) is 1. The first-order valence-electron chi connectivity index (χ1n) is 7.35. The third kappa shape index (κ3) is 5.04. The summed E-state index contributed by atoms with van der Waals surface area (Å²) in [4.78, 5) is 1.74. The first-order valence-corrected chi connectivity index (χ1v) is 7.73.